The zero-order valence-corrected chi connectivity index (χ0v) is 14.4. The first kappa shape index (κ1) is 17.7. The number of hydrogen-bond donors (Lipinski definition) is 2. The number of carbonyl (C=O) groups is 2. The molecule has 2 aromatic rings. The number of nitrogens with one attached hydrogen (secondary N) is 2. The van der Waals surface area contributed by atoms with Gasteiger partial charge in [-0.3, -0.25) is 9.59 Å². The zero-order chi connectivity index (χ0) is 17.5. The summed E-state index contributed by atoms with van der Waals surface area (Å²) >= 11 is 0. The summed E-state index contributed by atoms with van der Waals surface area (Å²) in [6.45, 7) is 6.01. The van der Waals surface area contributed by atoms with Crippen LogP contribution in [-0.2, 0) is 0 Å². The van der Waals surface area contributed by atoms with Crippen molar-refractivity contribution in [2.45, 2.75) is 39.7 Å². The van der Waals surface area contributed by atoms with Crippen LogP contribution in [0.25, 0.3) is 0 Å². The number of amides is 2. The minimum Gasteiger partial charge on any atom is -0.349 e. The van der Waals surface area contributed by atoms with Crippen LogP contribution in [0.1, 0.15) is 53.0 Å². The lowest BCUT2D eigenvalue weighted by Crippen LogP contribution is -2.33. The van der Waals surface area contributed by atoms with E-state index in [9.17, 15) is 9.59 Å². The van der Waals surface area contributed by atoms with Gasteiger partial charge in [0.15, 0.2) is 0 Å². The Morgan fingerprint density at radius 3 is 2.21 bits per heavy atom. The summed E-state index contributed by atoms with van der Waals surface area (Å²) in [5, 5.41) is 5.90. The molecule has 4 nitrogen and oxygen atoms in total. The molecule has 0 aliphatic rings. The highest BCUT2D eigenvalue weighted by molar-refractivity contribution is 6.05. The summed E-state index contributed by atoms with van der Waals surface area (Å²) in [5.74, 6) is -0.296. The molecule has 0 fully saturated rings. The molecule has 24 heavy (non-hydrogen) atoms. The summed E-state index contributed by atoms with van der Waals surface area (Å²) in [7, 11) is 0. The van der Waals surface area contributed by atoms with Gasteiger partial charge in [-0.1, -0.05) is 38.1 Å². The molecule has 0 aliphatic heterocycles. The summed E-state index contributed by atoms with van der Waals surface area (Å²) in [5.41, 5.74) is 2.71. The van der Waals surface area contributed by atoms with E-state index >= 15 is 0 Å². The Kier molecular flexibility index (Phi) is 6.13. The van der Waals surface area contributed by atoms with Crippen molar-refractivity contribution in [2.24, 2.45) is 0 Å². The zero-order valence-electron chi connectivity index (χ0n) is 14.4. The molecule has 0 atom stereocenters. The fourth-order valence-electron chi connectivity index (χ4n) is 2.44. The topological polar surface area (TPSA) is 58.2 Å². The van der Waals surface area contributed by atoms with Crippen molar-refractivity contribution >= 4 is 17.5 Å². The monoisotopic (exact) mass is 324 g/mol. The van der Waals surface area contributed by atoms with Gasteiger partial charge in [0.25, 0.3) is 11.8 Å². The SMILES string of the molecule is CCC(CC)NC(=O)c1ccc(C)c(NC(=O)c2ccccc2)c1. The molecule has 2 aromatic carbocycles. The molecule has 0 aliphatic carbocycles. The Morgan fingerprint density at radius 1 is 0.917 bits per heavy atom. The lowest BCUT2D eigenvalue weighted by atomic mass is 10.1. The molecule has 4 heteroatoms. The molecular weight excluding hydrogens is 300 g/mol. The maximum atomic E-state index is 12.4. The van der Waals surface area contributed by atoms with E-state index in [4.69, 9.17) is 0 Å². The standard InChI is InChI=1S/C20H24N2O2/c1-4-17(5-2)21-20(24)16-12-11-14(3)18(13-16)22-19(23)15-9-7-6-8-10-15/h6-13,17H,4-5H2,1-3H3,(H,21,24)(H,22,23). The van der Waals surface area contributed by atoms with E-state index in [1.165, 1.54) is 0 Å². The normalized spacial score (nSPS) is 10.5. The van der Waals surface area contributed by atoms with Gasteiger partial charge in [-0.2, -0.15) is 0 Å². The number of hydrogen-bond acceptors (Lipinski definition) is 2. The van der Waals surface area contributed by atoms with Crippen LogP contribution in [0, 0.1) is 6.92 Å². The van der Waals surface area contributed by atoms with Gasteiger partial charge in [0.05, 0.1) is 0 Å². The van der Waals surface area contributed by atoms with Crippen LogP contribution in [0.4, 0.5) is 5.69 Å². The minimum atomic E-state index is -0.184. The first-order valence-corrected chi connectivity index (χ1v) is 8.33. The Hall–Kier alpha value is -2.62. The van der Waals surface area contributed by atoms with Gasteiger partial charge < -0.3 is 10.6 Å². The average Bonchev–Trinajstić information content (AvgIpc) is 2.61. The second-order valence-corrected chi connectivity index (χ2v) is 5.84. The molecule has 0 unspecified atom stereocenters. The van der Waals surface area contributed by atoms with Crippen molar-refractivity contribution in [3.8, 4) is 0 Å². The third-order valence-electron chi connectivity index (χ3n) is 4.10. The van der Waals surface area contributed by atoms with Crippen LogP contribution in [0.15, 0.2) is 48.5 Å². The highest BCUT2D eigenvalue weighted by atomic mass is 16.2. The van der Waals surface area contributed by atoms with Crippen molar-refractivity contribution in [1.29, 1.82) is 0 Å². The van der Waals surface area contributed by atoms with Gasteiger partial charge in [-0.05, 0) is 49.6 Å². The Bertz CT molecular complexity index is 707. The van der Waals surface area contributed by atoms with E-state index in [0.717, 1.165) is 18.4 Å². The number of rotatable bonds is 6. The number of benzene rings is 2. The molecule has 2 amide bonds. The maximum Gasteiger partial charge on any atom is 0.255 e. The molecule has 0 heterocycles. The van der Waals surface area contributed by atoms with E-state index < -0.39 is 0 Å². The Morgan fingerprint density at radius 2 is 1.58 bits per heavy atom. The number of carbonyl (C=O) groups excluding carboxylic acids is 2. The first-order chi connectivity index (χ1) is 11.5. The van der Waals surface area contributed by atoms with Gasteiger partial charge in [-0.25, -0.2) is 0 Å². The fraction of sp³-hybridized carbons (Fsp3) is 0.300. The molecule has 0 saturated heterocycles. The van der Waals surface area contributed by atoms with E-state index in [1.54, 1.807) is 24.3 Å². The largest absolute Gasteiger partial charge is 0.349 e. The second-order valence-electron chi connectivity index (χ2n) is 5.84. The van der Waals surface area contributed by atoms with Gasteiger partial charge in [-0.15, -0.1) is 0 Å². The van der Waals surface area contributed by atoms with Crippen LogP contribution >= 0.6 is 0 Å². The quantitative estimate of drug-likeness (QED) is 0.838. The minimum absolute atomic E-state index is 0.112. The molecule has 2 N–H and O–H groups in total. The molecule has 0 aromatic heterocycles. The lowest BCUT2D eigenvalue weighted by molar-refractivity contribution is 0.0933. The van der Waals surface area contributed by atoms with Crippen LogP contribution in [-0.4, -0.2) is 17.9 Å². The predicted molar refractivity (Wildman–Crippen MR) is 97.4 cm³/mol. The van der Waals surface area contributed by atoms with Crippen LogP contribution in [0.2, 0.25) is 0 Å². The Labute approximate surface area is 143 Å². The highest BCUT2D eigenvalue weighted by Crippen LogP contribution is 2.18. The van der Waals surface area contributed by atoms with Crippen molar-refractivity contribution in [3.63, 3.8) is 0 Å². The molecular formula is C20H24N2O2. The summed E-state index contributed by atoms with van der Waals surface area (Å²) in [6, 6.07) is 14.6. The van der Waals surface area contributed by atoms with E-state index in [1.807, 2.05) is 31.2 Å². The van der Waals surface area contributed by atoms with Crippen LogP contribution < -0.4 is 10.6 Å². The molecule has 0 saturated carbocycles. The van der Waals surface area contributed by atoms with Crippen molar-refractivity contribution in [1.82, 2.24) is 5.32 Å². The lowest BCUT2D eigenvalue weighted by Gasteiger charge is -2.16. The summed E-state index contributed by atoms with van der Waals surface area (Å²) in [6.07, 6.45) is 1.79. The average molecular weight is 324 g/mol. The molecule has 2 rings (SSSR count). The van der Waals surface area contributed by atoms with Gasteiger partial charge in [0.2, 0.25) is 0 Å². The number of anilines is 1. The van der Waals surface area contributed by atoms with E-state index in [2.05, 4.69) is 24.5 Å². The van der Waals surface area contributed by atoms with Crippen molar-refractivity contribution in [3.05, 3.63) is 65.2 Å². The fourth-order valence-corrected chi connectivity index (χ4v) is 2.44. The Balaban J connectivity index is 2.16. The third-order valence-corrected chi connectivity index (χ3v) is 4.10. The molecule has 0 radical (unpaired) electrons. The van der Waals surface area contributed by atoms with Crippen LogP contribution in [0.5, 0.6) is 0 Å². The van der Waals surface area contributed by atoms with E-state index in [0.29, 0.717) is 16.8 Å². The maximum absolute atomic E-state index is 12.4. The molecule has 126 valence electrons. The van der Waals surface area contributed by atoms with Crippen molar-refractivity contribution < 1.29 is 9.59 Å². The molecule has 0 bridgehead atoms. The second kappa shape index (κ2) is 8.29. The molecule has 0 spiro atoms. The smallest absolute Gasteiger partial charge is 0.255 e. The summed E-state index contributed by atoms with van der Waals surface area (Å²) in [4.78, 5) is 24.7. The highest BCUT2D eigenvalue weighted by Gasteiger charge is 2.13. The third kappa shape index (κ3) is 4.44. The van der Waals surface area contributed by atoms with Gasteiger partial charge in [0, 0.05) is 22.9 Å². The van der Waals surface area contributed by atoms with Crippen LogP contribution in [0.3, 0.4) is 0 Å². The predicted octanol–water partition coefficient (Wildman–Crippen LogP) is 4.17. The summed E-state index contributed by atoms with van der Waals surface area (Å²) < 4.78 is 0. The van der Waals surface area contributed by atoms with Crippen molar-refractivity contribution in [2.75, 3.05) is 5.32 Å². The first-order valence-electron chi connectivity index (χ1n) is 8.33. The van der Waals surface area contributed by atoms with Gasteiger partial charge in [0.1, 0.15) is 0 Å². The number of aryl methyl sites for hydroxylation is 1. The van der Waals surface area contributed by atoms with Gasteiger partial charge >= 0.3 is 0 Å². The van der Waals surface area contributed by atoms with E-state index in [-0.39, 0.29) is 17.9 Å².